The van der Waals surface area contributed by atoms with Crippen LogP contribution in [0.4, 0.5) is 14.5 Å². The van der Waals surface area contributed by atoms with Crippen LogP contribution < -0.4 is 5.32 Å². The summed E-state index contributed by atoms with van der Waals surface area (Å²) in [5.41, 5.74) is 1.31. The van der Waals surface area contributed by atoms with Crippen molar-refractivity contribution in [3.05, 3.63) is 88.0 Å². The number of nitrogens with one attached hydrogen (secondary N) is 1. The van der Waals surface area contributed by atoms with E-state index in [0.29, 0.717) is 35.0 Å². The van der Waals surface area contributed by atoms with Gasteiger partial charge in [-0.2, -0.15) is 4.58 Å². The summed E-state index contributed by atoms with van der Waals surface area (Å²) in [6, 6.07) is 10.3. The summed E-state index contributed by atoms with van der Waals surface area (Å²) in [4.78, 5) is 15.9. The molecule has 1 spiro atoms. The van der Waals surface area contributed by atoms with Gasteiger partial charge in [-0.1, -0.05) is 29.8 Å². The number of hydrogen-bond acceptors (Lipinski definition) is 4. The van der Waals surface area contributed by atoms with E-state index in [4.69, 9.17) is 21.1 Å². The number of benzene rings is 2. The van der Waals surface area contributed by atoms with E-state index in [-0.39, 0.29) is 11.6 Å². The van der Waals surface area contributed by atoms with E-state index in [2.05, 4.69) is 10.2 Å². The molecule has 2 bridgehead atoms. The fraction of sp³-hybridized carbons (Fsp3) is 0.379. The molecule has 4 aliphatic rings. The molecule has 1 N–H and O–H groups in total. The number of halogens is 3. The Balaban J connectivity index is 1.43. The van der Waals surface area contributed by atoms with Gasteiger partial charge in [0.2, 0.25) is 11.7 Å². The van der Waals surface area contributed by atoms with Gasteiger partial charge < -0.3 is 19.7 Å². The van der Waals surface area contributed by atoms with Crippen LogP contribution >= 0.6 is 11.6 Å². The van der Waals surface area contributed by atoms with Gasteiger partial charge in [0, 0.05) is 42.7 Å². The van der Waals surface area contributed by atoms with Gasteiger partial charge in [-0.25, -0.2) is 8.78 Å². The van der Waals surface area contributed by atoms with Gasteiger partial charge in [-0.05, 0) is 49.7 Å². The topological polar surface area (TPSA) is 53.8 Å². The highest BCUT2D eigenvalue weighted by Gasteiger charge is 2.68. The Labute approximate surface area is 225 Å². The molecule has 6 nitrogen and oxygen atoms in total. The molecule has 0 radical (unpaired) electrons. The molecule has 3 unspecified atom stereocenters. The third-order valence-electron chi connectivity index (χ3n) is 7.84. The number of ether oxygens (including phenoxy) is 2. The average Bonchev–Trinajstić information content (AvgIpc) is 3.66. The van der Waals surface area contributed by atoms with Gasteiger partial charge in [-0.3, -0.25) is 4.79 Å². The van der Waals surface area contributed by atoms with E-state index in [1.165, 1.54) is 32.1 Å². The normalized spacial score (nSPS) is 26.0. The fourth-order valence-electron chi connectivity index (χ4n) is 6.20. The van der Waals surface area contributed by atoms with Crippen LogP contribution in [0.1, 0.15) is 18.4 Å². The highest BCUT2D eigenvalue weighted by Crippen LogP contribution is 2.52. The second-order valence-electron chi connectivity index (χ2n) is 10.1. The van der Waals surface area contributed by atoms with Crippen molar-refractivity contribution < 1.29 is 27.6 Å². The van der Waals surface area contributed by atoms with Crippen molar-refractivity contribution in [2.75, 3.05) is 33.3 Å². The summed E-state index contributed by atoms with van der Waals surface area (Å²) < 4.78 is 43.0. The van der Waals surface area contributed by atoms with Crippen molar-refractivity contribution in [3.8, 4) is 0 Å². The van der Waals surface area contributed by atoms with E-state index in [1.54, 1.807) is 16.7 Å². The summed E-state index contributed by atoms with van der Waals surface area (Å²) >= 11 is 6.11. The Bertz CT molecular complexity index is 1350. The molecule has 198 valence electrons. The maximum Gasteiger partial charge on any atom is 0.375 e. The number of carbonyl (C=O) groups excluding carboxylic acids is 1. The summed E-state index contributed by atoms with van der Waals surface area (Å²) in [7, 11) is 1.50. The van der Waals surface area contributed by atoms with Crippen molar-refractivity contribution in [1.82, 2.24) is 10.2 Å². The quantitative estimate of drug-likeness (QED) is 0.423. The molecule has 0 aliphatic carbocycles. The molecular formula is C29H29ClF2N3O3+. The van der Waals surface area contributed by atoms with Crippen molar-refractivity contribution in [2.24, 2.45) is 0 Å². The number of rotatable bonds is 7. The largest absolute Gasteiger partial charge is 0.447 e. The van der Waals surface area contributed by atoms with Crippen LogP contribution in [-0.4, -0.2) is 72.3 Å². The van der Waals surface area contributed by atoms with Gasteiger partial charge in [0.1, 0.15) is 23.3 Å². The number of nitrogens with zero attached hydrogens (tertiary/aromatic N) is 2. The zero-order valence-corrected chi connectivity index (χ0v) is 21.8. The Hall–Kier alpha value is -3.07. The number of hydrogen-bond donors (Lipinski definition) is 1. The van der Waals surface area contributed by atoms with Gasteiger partial charge in [0.05, 0.1) is 12.7 Å². The smallest absolute Gasteiger partial charge is 0.375 e. The minimum absolute atomic E-state index is 0.220. The number of likely N-dealkylation sites (tertiary alicyclic amines) is 1. The molecule has 0 aromatic heterocycles. The van der Waals surface area contributed by atoms with Crippen molar-refractivity contribution in [1.29, 1.82) is 0 Å². The summed E-state index contributed by atoms with van der Waals surface area (Å²) in [5.74, 6) is -1.28. The molecule has 4 aliphatic heterocycles. The lowest BCUT2D eigenvalue weighted by Crippen LogP contribution is -2.43. The zero-order valence-electron chi connectivity index (χ0n) is 21.1. The number of carbonyl (C=O) groups is 1. The summed E-state index contributed by atoms with van der Waals surface area (Å²) in [5, 5.41) is 3.67. The standard InChI is InChI=1S/C29H28ClF2N3O3/c1-37-28-26-25(27(36)33-10-13-34-11-2-3-12-34)23-8-9-29(26,38-23)24(14-18-4-6-19(30)7-5-18)35(28)22-16-20(31)15-21(32)17-22/h4-9,15-17,23-24H,2-3,10-14H2,1H3/p+1. The summed E-state index contributed by atoms with van der Waals surface area (Å²) in [6.45, 7) is 3.41. The molecular weight excluding hydrogens is 512 g/mol. The molecule has 1 saturated heterocycles. The molecule has 0 saturated carbocycles. The van der Waals surface area contributed by atoms with Gasteiger partial charge in [0.25, 0.3) is 5.91 Å². The van der Waals surface area contributed by atoms with Crippen LogP contribution in [0.2, 0.25) is 5.02 Å². The maximum atomic E-state index is 14.4. The molecule has 1 fully saturated rings. The first-order chi connectivity index (χ1) is 18.4. The first-order valence-corrected chi connectivity index (χ1v) is 13.3. The lowest BCUT2D eigenvalue weighted by atomic mass is 9.81. The SMILES string of the molecule is COC1=[N+](c2cc(F)cc(F)c2)C(Cc2ccc(Cl)cc2)C23C=CC(O2)C(C(=O)NCCN2CCCC2)=C13. The van der Waals surface area contributed by atoms with Crippen LogP contribution in [-0.2, 0) is 20.7 Å². The Morgan fingerprint density at radius 2 is 1.89 bits per heavy atom. The molecule has 3 atom stereocenters. The predicted octanol–water partition coefficient (Wildman–Crippen LogP) is 4.15. The highest BCUT2D eigenvalue weighted by atomic mass is 35.5. The van der Waals surface area contributed by atoms with Gasteiger partial charge in [0.15, 0.2) is 5.60 Å². The molecule has 1 amide bonds. The Morgan fingerprint density at radius 1 is 1.18 bits per heavy atom. The highest BCUT2D eigenvalue weighted by molar-refractivity contribution is 6.30. The maximum absolute atomic E-state index is 14.4. The van der Waals surface area contributed by atoms with E-state index in [1.807, 2.05) is 24.3 Å². The summed E-state index contributed by atoms with van der Waals surface area (Å²) in [6.07, 6.45) is 6.13. The Kier molecular flexibility index (Phi) is 6.58. The lowest BCUT2D eigenvalue weighted by molar-refractivity contribution is -0.499. The second kappa shape index (κ2) is 9.91. The minimum Gasteiger partial charge on any atom is -0.447 e. The van der Waals surface area contributed by atoms with Gasteiger partial charge in [-0.15, -0.1) is 0 Å². The molecule has 2 aromatic rings. The van der Waals surface area contributed by atoms with E-state index in [0.717, 1.165) is 31.3 Å². The second-order valence-corrected chi connectivity index (χ2v) is 10.6. The van der Waals surface area contributed by atoms with Crippen molar-refractivity contribution in [2.45, 2.75) is 37.0 Å². The van der Waals surface area contributed by atoms with Crippen LogP contribution in [0.15, 0.2) is 65.8 Å². The van der Waals surface area contributed by atoms with Crippen LogP contribution in [0.25, 0.3) is 0 Å². The number of fused-ring (bicyclic) bond motifs is 1. The first kappa shape index (κ1) is 25.2. The molecule has 2 aromatic carbocycles. The molecule has 4 heterocycles. The van der Waals surface area contributed by atoms with E-state index >= 15 is 0 Å². The molecule has 6 rings (SSSR count). The van der Waals surface area contributed by atoms with Crippen molar-refractivity contribution in [3.63, 3.8) is 0 Å². The lowest BCUT2D eigenvalue weighted by Gasteiger charge is -2.24. The van der Waals surface area contributed by atoms with E-state index in [9.17, 15) is 13.6 Å². The first-order valence-electron chi connectivity index (χ1n) is 12.9. The van der Waals surface area contributed by atoms with Gasteiger partial charge >= 0.3 is 5.90 Å². The fourth-order valence-corrected chi connectivity index (χ4v) is 6.32. The zero-order chi connectivity index (χ0) is 26.4. The van der Waals surface area contributed by atoms with Crippen molar-refractivity contribution >= 4 is 29.1 Å². The minimum atomic E-state index is -1.01. The monoisotopic (exact) mass is 540 g/mol. The Morgan fingerprint density at radius 3 is 2.58 bits per heavy atom. The van der Waals surface area contributed by atoms with Crippen LogP contribution in [0, 0.1) is 11.6 Å². The number of methoxy groups -OCH3 is 1. The van der Waals surface area contributed by atoms with Crippen LogP contribution in [0.5, 0.6) is 0 Å². The van der Waals surface area contributed by atoms with Crippen LogP contribution in [0.3, 0.4) is 0 Å². The third-order valence-corrected chi connectivity index (χ3v) is 8.09. The van der Waals surface area contributed by atoms with E-state index < -0.39 is 29.4 Å². The third kappa shape index (κ3) is 4.25. The molecule has 38 heavy (non-hydrogen) atoms. The number of amides is 1. The molecule has 9 heteroatoms. The average molecular weight is 541 g/mol. The predicted molar refractivity (Wildman–Crippen MR) is 140 cm³/mol.